The quantitative estimate of drug-likeness (QED) is 0.726. The number of rotatable bonds is 4. The van der Waals surface area contributed by atoms with Gasteiger partial charge in [-0.2, -0.15) is 0 Å². The molecule has 0 spiro atoms. The van der Waals surface area contributed by atoms with Crippen molar-refractivity contribution < 1.29 is 23.4 Å². The van der Waals surface area contributed by atoms with Crippen LogP contribution < -0.4 is 25.2 Å². The van der Waals surface area contributed by atoms with Crippen molar-refractivity contribution in [3.05, 3.63) is 59.0 Å². The van der Waals surface area contributed by atoms with E-state index in [4.69, 9.17) is 18.6 Å². The molecule has 0 saturated carbocycles. The van der Waals surface area contributed by atoms with Crippen molar-refractivity contribution in [1.82, 2.24) is 0 Å². The first-order chi connectivity index (χ1) is 12.6. The lowest BCUT2D eigenvalue weighted by molar-refractivity contribution is -0.122. The van der Waals surface area contributed by atoms with Crippen LogP contribution in [-0.4, -0.2) is 18.8 Å². The van der Waals surface area contributed by atoms with Crippen LogP contribution in [0.3, 0.4) is 0 Å². The van der Waals surface area contributed by atoms with Gasteiger partial charge < -0.3 is 23.9 Å². The van der Waals surface area contributed by atoms with Crippen LogP contribution in [0.4, 0.5) is 5.69 Å². The molecule has 0 bridgehead atoms. The van der Waals surface area contributed by atoms with Crippen molar-refractivity contribution in [3.8, 4) is 17.2 Å². The van der Waals surface area contributed by atoms with Crippen molar-refractivity contribution in [3.63, 3.8) is 0 Å². The Kier molecular flexibility index (Phi) is 3.96. The fourth-order valence-electron chi connectivity index (χ4n) is 2.59. The topological polar surface area (TPSA) is 87.0 Å². The number of hydrogen-bond acceptors (Lipinski definition) is 6. The first kappa shape index (κ1) is 16.0. The van der Waals surface area contributed by atoms with Crippen LogP contribution in [0.2, 0.25) is 0 Å². The van der Waals surface area contributed by atoms with E-state index in [0.29, 0.717) is 28.5 Å². The Hall–Kier alpha value is -3.48. The number of ether oxygens (including phenoxy) is 3. The normalized spacial score (nSPS) is 13.4. The Morgan fingerprint density at radius 1 is 1.08 bits per heavy atom. The standard InChI is InChI=1S/C19H15NO6/c1-11(19(22)20-13-4-6-15-17(8-13)24-10-23-15)25-14-5-2-12-3-7-18(21)26-16(12)9-14/h2-9,11H,10H2,1H3,(H,20,22)/t11-/m0/s1. The molecular weight excluding hydrogens is 338 g/mol. The molecule has 1 atom stereocenters. The van der Waals surface area contributed by atoms with E-state index in [1.807, 2.05) is 0 Å². The van der Waals surface area contributed by atoms with Gasteiger partial charge in [-0.3, -0.25) is 4.79 Å². The third kappa shape index (κ3) is 3.19. The summed E-state index contributed by atoms with van der Waals surface area (Å²) in [6, 6.07) is 13.2. The van der Waals surface area contributed by atoms with Gasteiger partial charge in [0.05, 0.1) is 0 Å². The van der Waals surface area contributed by atoms with Crippen molar-refractivity contribution in [2.45, 2.75) is 13.0 Å². The SMILES string of the molecule is C[C@H](Oc1ccc2ccc(=O)oc2c1)C(=O)Nc1ccc2c(c1)OCO2. The summed E-state index contributed by atoms with van der Waals surface area (Å²) in [5.74, 6) is 1.34. The molecule has 0 aliphatic carbocycles. The largest absolute Gasteiger partial charge is 0.481 e. The van der Waals surface area contributed by atoms with E-state index in [-0.39, 0.29) is 12.7 Å². The molecule has 7 nitrogen and oxygen atoms in total. The molecule has 1 N–H and O–H groups in total. The second kappa shape index (κ2) is 6.44. The molecule has 2 heterocycles. The Balaban J connectivity index is 1.46. The van der Waals surface area contributed by atoms with Crippen molar-refractivity contribution >= 4 is 22.6 Å². The molecule has 3 aromatic rings. The molecule has 132 valence electrons. The van der Waals surface area contributed by atoms with Gasteiger partial charge in [0.1, 0.15) is 11.3 Å². The van der Waals surface area contributed by atoms with Crippen LogP contribution in [0.5, 0.6) is 17.2 Å². The molecule has 2 aromatic carbocycles. The van der Waals surface area contributed by atoms with Gasteiger partial charge in [-0.05, 0) is 37.3 Å². The number of fused-ring (bicyclic) bond motifs is 2. The highest BCUT2D eigenvalue weighted by atomic mass is 16.7. The minimum Gasteiger partial charge on any atom is -0.481 e. The van der Waals surface area contributed by atoms with Crippen molar-refractivity contribution in [1.29, 1.82) is 0 Å². The maximum atomic E-state index is 12.4. The summed E-state index contributed by atoms with van der Waals surface area (Å²) in [7, 11) is 0. The molecule has 0 fully saturated rings. The van der Waals surface area contributed by atoms with Crippen LogP contribution in [-0.2, 0) is 4.79 Å². The van der Waals surface area contributed by atoms with Crippen LogP contribution in [0.25, 0.3) is 11.0 Å². The first-order valence-electron chi connectivity index (χ1n) is 7.99. The summed E-state index contributed by atoms with van der Waals surface area (Å²) < 4.78 is 21.3. The summed E-state index contributed by atoms with van der Waals surface area (Å²) in [5, 5.41) is 3.54. The van der Waals surface area contributed by atoms with Gasteiger partial charge in [-0.1, -0.05) is 0 Å². The molecule has 4 rings (SSSR count). The number of benzene rings is 2. The molecule has 0 unspecified atom stereocenters. The molecular formula is C19H15NO6. The highest BCUT2D eigenvalue weighted by Crippen LogP contribution is 2.34. The smallest absolute Gasteiger partial charge is 0.336 e. The Morgan fingerprint density at radius 3 is 2.77 bits per heavy atom. The molecule has 26 heavy (non-hydrogen) atoms. The summed E-state index contributed by atoms with van der Waals surface area (Å²) in [6.07, 6.45) is -0.756. The fourth-order valence-corrected chi connectivity index (χ4v) is 2.59. The molecule has 1 aliphatic heterocycles. The Morgan fingerprint density at radius 2 is 1.88 bits per heavy atom. The van der Waals surface area contributed by atoms with E-state index in [2.05, 4.69) is 5.32 Å². The molecule has 1 aliphatic rings. The van der Waals surface area contributed by atoms with E-state index in [1.54, 1.807) is 49.4 Å². The Labute approximate surface area is 148 Å². The predicted octanol–water partition coefficient (Wildman–Crippen LogP) is 2.93. The minimum atomic E-state index is -0.756. The van der Waals surface area contributed by atoms with E-state index < -0.39 is 11.7 Å². The van der Waals surface area contributed by atoms with E-state index >= 15 is 0 Å². The lowest BCUT2D eigenvalue weighted by atomic mass is 10.2. The molecule has 0 radical (unpaired) electrons. The average Bonchev–Trinajstić information content (AvgIpc) is 3.09. The van der Waals surface area contributed by atoms with Crippen LogP contribution >= 0.6 is 0 Å². The van der Waals surface area contributed by atoms with Crippen LogP contribution in [0.1, 0.15) is 6.92 Å². The van der Waals surface area contributed by atoms with Gasteiger partial charge >= 0.3 is 5.63 Å². The number of anilines is 1. The zero-order valence-electron chi connectivity index (χ0n) is 13.9. The molecule has 0 saturated heterocycles. The number of nitrogens with one attached hydrogen (secondary N) is 1. The van der Waals surface area contributed by atoms with E-state index in [9.17, 15) is 9.59 Å². The summed E-state index contributed by atoms with van der Waals surface area (Å²) in [4.78, 5) is 23.7. The molecule has 1 aromatic heterocycles. The fraction of sp³-hybridized carbons (Fsp3) is 0.158. The molecule has 1 amide bonds. The third-order valence-corrected chi connectivity index (χ3v) is 3.92. The highest BCUT2D eigenvalue weighted by Gasteiger charge is 2.18. The number of hydrogen-bond donors (Lipinski definition) is 1. The molecule has 7 heteroatoms. The number of carbonyl (C=O) groups excluding carboxylic acids is 1. The summed E-state index contributed by atoms with van der Waals surface area (Å²) in [5.41, 5.74) is 0.542. The summed E-state index contributed by atoms with van der Waals surface area (Å²) in [6.45, 7) is 1.80. The van der Waals surface area contributed by atoms with Crippen LogP contribution in [0.15, 0.2) is 57.7 Å². The first-order valence-corrected chi connectivity index (χ1v) is 7.99. The lowest BCUT2D eigenvalue weighted by Crippen LogP contribution is -2.30. The van der Waals surface area contributed by atoms with Gasteiger partial charge in [0.15, 0.2) is 17.6 Å². The number of carbonyl (C=O) groups is 1. The minimum absolute atomic E-state index is 0.171. The van der Waals surface area contributed by atoms with Gasteiger partial charge in [0.2, 0.25) is 6.79 Å². The van der Waals surface area contributed by atoms with Gasteiger partial charge in [-0.25, -0.2) is 4.79 Å². The monoisotopic (exact) mass is 353 g/mol. The zero-order chi connectivity index (χ0) is 18.1. The average molecular weight is 353 g/mol. The van der Waals surface area contributed by atoms with E-state index in [1.165, 1.54) is 6.07 Å². The maximum absolute atomic E-state index is 12.4. The van der Waals surface area contributed by atoms with Crippen molar-refractivity contribution in [2.24, 2.45) is 0 Å². The van der Waals surface area contributed by atoms with Gasteiger partial charge in [0.25, 0.3) is 5.91 Å². The zero-order valence-corrected chi connectivity index (χ0v) is 13.9. The maximum Gasteiger partial charge on any atom is 0.336 e. The lowest BCUT2D eigenvalue weighted by Gasteiger charge is -2.15. The van der Waals surface area contributed by atoms with E-state index in [0.717, 1.165) is 5.39 Å². The van der Waals surface area contributed by atoms with Crippen LogP contribution in [0, 0.1) is 0 Å². The predicted molar refractivity (Wildman–Crippen MR) is 93.8 cm³/mol. The number of amides is 1. The van der Waals surface area contributed by atoms with Gasteiger partial charge in [0, 0.05) is 29.3 Å². The third-order valence-electron chi connectivity index (χ3n) is 3.92. The highest BCUT2D eigenvalue weighted by molar-refractivity contribution is 5.94. The Bertz CT molecular complexity index is 1040. The van der Waals surface area contributed by atoms with Gasteiger partial charge in [-0.15, -0.1) is 0 Å². The second-order valence-corrected chi connectivity index (χ2v) is 5.77. The summed E-state index contributed by atoms with van der Waals surface area (Å²) >= 11 is 0. The second-order valence-electron chi connectivity index (χ2n) is 5.77. The van der Waals surface area contributed by atoms with Crippen molar-refractivity contribution in [2.75, 3.05) is 12.1 Å².